The molecule has 0 aliphatic rings. The Balaban J connectivity index is 1.15. The van der Waals surface area contributed by atoms with Crippen molar-refractivity contribution in [2.75, 3.05) is 0 Å². The van der Waals surface area contributed by atoms with Crippen LogP contribution in [-0.2, 0) is 0 Å². The van der Waals surface area contributed by atoms with Crippen LogP contribution in [0.2, 0.25) is 0 Å². The number of hydrogen-bond acceptors (Lipinski definition) is 3. The number of rotatable bonds is 7. The largest absolute Gasteiger partial charge is 0.309 e. The standard InChI is InChI=1S/C57H37N5/c1-4-17-38(18-5-1)41-23-14-26-44(35-41)55-58-56(45-27-15-24-42(36-45)39-19-6-2-7-20-39)60-57(59-55)62-50-31-12-10-29-47(50)48-33-34-52-53(54(48)62)49-30-11-13-32-51(49)61(52)46-28-16-25-43(37-46)40-21-8-3-9-22-40/h1-37H. The molecular formula is C57H37N5. The number of nitrogens with zero attached hydrogens (tertiary/aromatic N) is 5. The molecule has 12 aromatic rings. The molecule has 5 nitrogen and oxygen atoms in total. The first-order valence-electron chi connectivity index (χ1n) is 20.9. The molecule has 0 atom stereocenters. The Morgan fingerprint density at radius 3 is 1.31 bits per heavy atom. The van der Waals surface area contributed by atoms with Crippen LogP contribution in [-0.4, -0.2) is 24.1 Å². The SMILES string of the molecule is c1ccc(-c2cccc(-c3nc(-c4cccc(-c5ccccc5)c4)nc(-n4c5ccccc5c5ccc6c(c7ccccc7n6-c6cccc(-c7ccccc7)c6)c54)n3)c2)cc1. The van der Waals surface area contributed by atoms with Gasteiger partial charge in [0, 0.05) is 38.4 Å². The van der Waals surface area contributed by atoms with E-state index in [1.54, 1.807) is 0 Å². The maximum Gasteiger partial charge on any atom is 0.238 e. The number of para-hydroxylation sites is 2. The van der Waals surface area contributed by atoms with Gasteiger partial charge < -0.3 is 4.57 Å². The zero-order valence-electron chi connectivity index (χ0n) is 33.6. The van der Waals surface area contributed by atoms with Gasteiger partial charge in [0.25, 0.3) is 0 Å². The fourth-order valence-corrected chi connectivity index (χ4v) is 9.11. The van der Waals surface area contributed by atoms with Gasteiger partial charge in [-0.05, 0) is 75.8 Å². The number of benzene rings is 9. The third-order valence-corrected chi connectivity index (χ3v) is 12.0. The Labute approximate surface area is 358 Å². The van der Waals surface area contributed by atoms with Crippen molar-refractivity contribution in [2.24, 2.45) is 0 Å². The van der Waals surface area contributed by atoms with Gasteiger partial charge in [0.2, 0.25) is 5.95 Å². The van der Waals surface area contributed by atoms with Gasteiger partial charge in [-0.15, -0.1) is 0 Å². The van der Waals surface area contributed by atoms with E-state index in [1.165, 1.54) is 11.1 Å². The predicted molar refractivity (Wildman–Crippen MR) is 256 cm³/mol. The van der Waals surface area contributed by atoms with E-state index >= 15 is 0 Å². The molecule has 0 aliphatic carbocycles. The second kappa shape index (κ2) is 14.7. The van der Waals surface area contributed by atoms with Crippen molar-refractivity contribution in [1.29, 1.82) is 0 Å². The second-order valence-electron chi connectivity index (χ2n) is 15.7. The third kappa shape index (κ3) is 5.98. The Bertz CT molecular complexity index is 3520. The van der Waals surface area contributed by atoms with Gasteiger partial charge in [0.15, 0.2) is 11.6 Å². The zero-order valence-corrected chi connectivity index (χ0v) is 33.6. The third-order valence-electron chi connectivity index (χ3n) is 12.0. The lowest BCUT2D eigenvalue weighted by Gasteiger charge is -2.13. The number of fused-ring (bicyclic) bond motifs is 7. The summed E-state index contributed by atoms with van der Waals surface area (Å²) in [4.78, 5) is 16.1. The fraction of sp³-hybridized carbons (Fsp3) is 0. The van der Waals surface area contributed by atoms with Crippen LogP contribution in [0.15, 0.2) is 224 Å². The summed E-state index contributed by atoms with van der Waals surface area (Å²) in [6, 6.07) is 79.2. The van der Waals surface area contributed by atoms with Crippen molar-refractivity contribution < 1.29 is 0 Å². The summed E-state index contributed by atoms with van der Waals surface area (Å²) in [6.45, 7) is 0. The van der Waals surface area contributed by atoms with Gasteiger partial charge in [-0.2, -0.15) is 9.97 Å². The molecule has 0 N–H and O–H groups in total. The molecule has 0 unspecified atom stereocenters. The molecule has 5 heteroatoms. The highest BCUT2D eigenvalue weighted by atomic mass is 15.2. The molecule has 12 rings (SSSR count). The van der Waals surface area contributed by atoms with Gasteiger partial charge in [-0.3, -0.25) is 4.57 Å². The normalized spacial score (nSPS) is 11.5. The van der Waals surface area contributed by atoms with E-state index in [-0.39, 0.29) is 0 Å². The van der Waals surface area contributed by atoms with E-state index in [9.17, 15) is 0 Å². The minimum absolute atomic E-state index is 0.557. The van der Waals surface area contributed by atoms with Crippen LogP contribution in [0.25, 0.3) is 111 Å². The molecule has 3 heterocycles. The van der Waals surface area contributed by atoms with Crippen LogP contribution in [0.4, 0.5) is 0 Å². The van der Waals surface area contributed by atoms with Crippen LogP contribution in [0.3, 0.4) is 0 Å². The van der Waals surface area contributed by atoms with Gasteiger partial charge in [0.05, 0.1) is 22.1 Å². The van der Waals surface area contributed by atoms with Gasteiger partial charge in [0.1, 0.15) is 0 Å². The highest BCUT2D eigenvalue weighted by molar-refractivity contribution is 6.26. The second-order valence-corrected chi connectivity index (χ2v) is 15.7. The van der Waals surface area contributed by atoms with Crippen LogP contribution in [0.1, 0.15) is 0 Å². The summed E-state index contributed by atoms with van der Waals surface area (Å²) in [5, 5.41) is 4.56. The Morgan fingerprint density at radius 2 is 0.726 bits per heavy atom. The van der Waals surface area contributed by atoms with Crippen LogP contribution in [0.5, 0.6) is 0 Å². The minimum atomic E-state index is 0.557. The van der Waals surface area contributed by atoms with Crippen molar-refractivity contribution in [3.05, 3.63) is 224 Å². The van der Waals surface area contributed by atoms with E-state index in [0.29, 0.717) is 17.6 Å². The Hall–Kier alpha value is -8.41. The van der Waals surface area contributed by atoms with Crippen molar-refractivity contribution in [3.8, 4) is 67.8 Å². The molecule has 0 radical (unpaired) electrons. The van der Waals surface area contributed by atoms with E-state index in [1.807, 2.05) is 12.1 Å². The molecular weight excluding hydrogens is 755 g/mol. The lowest BCUT2D eigenvalue weighted by Crippen LogP contribution is -2.06. The van der Waals surface area contributed by atoms with Gasteiger partial charge in [-0.1, -0.05) is 182 Å². The summed E-state index contributed by atoms with van der Waals surface area (Å²) in [5.41, 5.74) is 14.1. The highest BCUT2D eigenvalue weighted by Gasteiger charge is 2.23. The average Bonchev–Trinajstić information content (AvgIpc) is 3.88. The minimum Gasteiger partial charge on any atom is -0.309 e. The Morgan fingerprint density at radius 1 is 0.274 bits per heavy atom. The first-order valence-corrected chi connectivity index (χ1v) is 20.9. The van der Waals surface area contributed by atoms with Crippen molar-refractivity contribution in [1.82, 2.24) is 24.1 Å². The quantitative estimate of drug-likeness (QED) is 0.162. The Kier molecular flexibility index (Phi) is 8.42. The molecule has 3 aromatic heterocycles. The fourth-order valence-electron chi connectivity index (χ4n) is 9.11. The summed E-state index contributed by atoms with van der Waals surface area (Å²) in [6.07, 6.45) is 0. The summed E-state index contributed by atoms with van der Waals surface area (Å²) in [7, 11) is 0. The predicted octanol–water partition coefficient (Wildman–Crippen LogP) is 14.4. The van der Waals surface area contributed by atoms with Crippen LogP contribution >= 0.6 is 0 Å². The molecule has 0 fully saturated rings. The summed E-state index contributed by atoms with van der Waals surface area (Å²) in [5.74, 6) is 1.76. The number of aromatic nitrogens is 5. The van der Waals surface area contributed by atoms with E-state index in [0.717, 1.165) is 82.7 Å². The molecule has 0 aliphatic heterocycles. The van der Waals surface area contributed by atoms with Gasteiger partial charge >= 0.3 is 0 Å². The molecule has 0 saturated heterocycles. The maximum atomic E-state index is 5.42. The van der Waals surface area contributed by atoms with Crippen molar-refractivity contribution in [2.45, 2.75) is 0 Å². The summed E-state index contributed by atoms with van der Waals surface area (Å²) < 4.78 is 4.66. The lowest BCUT2D eigenvalue weighted by molar-refractivity contribution is 0.955. The molecule has 62 heavy (non-hydrogen) atoms. The molecule has 0 bridgehead atoms. The average molecular weight is 792 g/mol. The molecule has 290 valence electrons. The first kappa shape index (κ1) is 35.5. The lowest BCUT2D eigenvalue weighted by atomic mass is 10.0. The van der Waals surface area contributed by atoms with Crippen LogP contribution < -0.4 is 0 Å². The van der Waals surface area contributed by atoms with Crippen molar-refractivity contribution >= 4 is 43.6 Å². The smallest absolute Gasteiger partial charge is 0.238 e. The molecule has 0 amide bonds. The molecule has 0 saturated carbocycles. The molecule has 0 spiro atoms. The zero-order chi connectivity index (χ0) is 41.0. The molecule has 9 aromatic carbocycles. The monoisotopic (exact) mass is 791 g/mol. The van der Waals surface area contributed by atoms with Gasteiger partial charge in [-0.25, -0.2) is 4.98 Å². The highest BCUT2D eigenvalue weighted by Crippen LogP contribution is 2.42. The number of hydrogen-bond donors (Lipinski definition) is 0. The van der Waals surface area contributed by atoms with E-state index < -0.39 is 0 Å². The van der Waals surface area contributed by atoms with E-state index in [2.05, 4.69) is 221 Å². The first-order chi connectivity index (χ1) is 30.7. The van der Waals surface area contributed by atoms with Crippen molar-refractivity contribution in [3.63, 3.8) is 0 Å². The topological polar surface area (TPSA) is 48.5 Å². The van der Waals surface area contributed by atoms with Crippen LogP contribution in [0, 0.1) is 0 Å². The van der Waals surface area contributed by atoms with E-state index in [4.69, 9.17) is 15.0 Å². The summed E-state index contributed by atoms with van der Waals surface area (Å²) >= 11 is 0. The maximum absolute atomic E-state index is 5.42.